The number of hydrogen-bond acceptors (Lipinski definition) is 4. The number of nitrogens with zero attached hydrogens (tertiary/aromatic N) is 2. The van der Waals surface area contributed by atoms with Crippen molar-refractivity contribution in [1.29, 1.82) is 5.26 Å². The molecule has 1 atom stereocenters. The molecule has 3 nitrogen and oxygen atoms in total. The van der Waals surface area contributed by atoms with Gasteiger partial charge in [0.15, 0.2) is 5.15 Å². The van der Waals surface area contributed by atoms with Gasteiger partial charge in [-0.05, 0) is 22.5 Å². The van der Waals surface area contributed by atoms with Crippen molar-refractivity contribution in [3.05, 3.63) is 46.6 Å². The molecule has 0 fully saturated rings. The molecule has 0 saturated heterocycles. The predicted octanol–water partition coefficient (Wildman–Crippen LogP) is 4.87. The fourth-order valence-corrected chi connectivity index (χ4v) is 3.01. The van der Waals surface area contributed by atoms with Gasteiger partial charge in [0.2, 0.25) is 0 Å². The first-order chi connectivity index (χ1) is 9.43. The zero-order chi connectivity index (χ0) is 14.8. The molecule has 0 aliphatic heterocycles. The van der Waals surface area contributed by atoms with Gasteiger partial charge in [0.1, 0.15) is 16.6 Å². The van der Waals surface area contributed by atoms with Gasteiger partial charge in [-0.15, -0.1) is 0 Å². The highest BCUT2D eigenvalue weighted by molar-refractivity contribution is 7.10. The number of anilines is 1. The molecular weight excluding hydrogens is 290 g/mol. The molecule has 2 aromatic rings. The van der Waals surface area contributed by atoms with Crippen molar-refractivity contribution in [1.82, 2.24) is 4.37 Å². The van der Waals surface area contributed by atoms with Crippen LogP contribution in [-0.2, 0) is 0 Å². The Hall–Kier alpha value is -1.57. The van der Waals surface area contributed by atoms with Crippen molar-refractivity contribution >= 4 is 28.1 Å². The lowest BCUT2D eigenvalue weighted by atomic mass is 9.82. The highest BCUT2D eigenvalue weighted by Crippen LogP contribution is 2.38. The number of aromatic nitrogens is 1. The Kier molecular flexibility index (Phi) is 4.32. The average Bonchev–Trinajstić information content (AvgIpc) is 2.76. The van der Waals surface area contributed by atoms with Gasteiger partial charge in [-0.1, -0.05) is 62.7 Å². The molecule has 0 saturated carbocycles. The molecule has 0 amide bonds. The van der Waals surface area contributed by atoms with E-state index in [4.69, 9.17) is 16.9 Å². The number of benzene rings is 1. The summed E-state index contributed by atoms with van der Waals surface area (Å²) < 4.78 is 4.04. The van der Waals surface area contributed by atoms with Crippen LogP contribution < -0.4 is 5.32 Å². The zero-order valence-corrected chi connectivity index (χ0v) is 13.2. The topological polar surface area (TPSA) is 48.7 Å². The molecule has 2 rings (SSSR count). The van der Waals surface area contributed by atoms with E-state index in [0.29, 0.717) is 5.56 Å². The minimum Gasteiger partial charge on any atom is -0.367 e. The van der Waals surface area contributed by atoms with E-state index < -0.39 is 0 Å². The molecule has 0 aliphatic rings. The molecule has 1 aromatic carbocycles. The van der Waals surface area contributed by atoms with E-state index in [-0.39, 0.29) is 16.6 Å². The third-order valence-electron chi connectivity index (χ3n) is 3.04. The minimum absolute atomic E-state index is 0.00938. The van der Waals surface area contributed by atoms with Gasteiger partial charge in [0.25, 0.3) is 0 Å². The molecule has 20 heavy (non-hydrogen) atoms. The first-order valence-electron chi connectivity index (χ1n) is 6.30. The highest BCUT2D eigenvalue weighted by atomic mass is 35.5. The molecule has 0 radical (unpaired) electrons. The van der Waals surface area contributed by atoms with Crippen molar-refractivity contribution in [2.75, 3.05) is 5.32 Å². The maximum absolute atomic E-state index is 9.17. The molecule has 1 N–H and O–H groups in total. The Bertz CT molecular complexity index is 623. The molecular formula is C15H16ClN3S. The third-order valence-corrected chi connectivity index (χ3v) is 4.19. The summed E-state index contributed by atoms with van der Waals surface area (Å²) in [6.45, 7) is 6.48. The quantitative estimate of drug-likeness (QED) is 0.880. The second kappa shape index (κ2) is 5.82. The van der Waals surface area contributed by atoms with Crippen LogP contribution in [0.5, 0.6) is 0 Å². The minimum atomic E-state index is -0.00938. The second-order valence-electron chi connectivity index (χ2n) is 5.64. The van der Waals surface area contributed by atoms with Gasteiger partial charge >= 0.3 is 0 Å². The molecule has 0 aliphatic carbocycles. The lowest BCUT2D eigenvalue weighted by Gasteiger charge is -2.32. The summed E-state index contributed by atoms with van der Waals surface area (Å²) in [5, 5.41) is 13.6. The number of nitriles is 1. The van der Waals surface area contributed by atoms with Crippen LogP contribution in [-0.4, -0.2) is 4.37 Å². The van der Waals surface area contributed by atoms with Gasteiger partial charge in [-0.2, -0.15) is 9.64 Å². The van der Waals surface area contributed by atoms with Gasteiger partial charge in [-0.25, -0.2) is 0 Å². The molecule has 1 unspecified atom stereocenters. The fourth-order valence-electron chi connectivity index (χ4n) is 2.04. The first kappa shape index (κ1) is 14.8. The van der Waals surface area contributed by atoms with Gasteiger partial charge in [-0.3, -0.25) is 0 Å². The normalized spacial score (nSPS) is 12.8. The summed E-state index contributed by atoms with van der Waals surface area (Å²) in [4.78, 5) is 0. The lowest BCUT2D eigenvalue weighted by molar-refractivity contribution is 0.348. The summed E-state index contributed by atoms with van der Waals surface area (Å²) in [5.41, 5.74) is 1.58. The predicted molar refractivity (Wildman–Crippen MR) is 84.1 cm³/mol. The number of rotatable bonds is 3. The van der Waals surface area contributed by atoms with Crippen molar-refractivity contribution in [3.63, 3.8) is 0 Å². The first-order valence-corrected chi connectivity index (χ1v) is 7.45. The standard InChI is InChI=1S/C15H16ClN3S/c1-15(2,3)12(10-7-5-4-6-8-10)18-14-11(9-17)13(16)19-20-14/h4-8,12,18H,1-3H3. The summed E-state index contributed by atoms with van der Waals surface area (Å²) in [6.07, 6.45) is 0. The number of nitrogens with one attached hydrogen (secondary N) is 1. The van der Waals surface area contributed by atoms with Crippen LogP contribution in [0, 0.1) is 16.7 Å². The van der Waals surface area contributed by atoms with Crippen LogP contribution >= 0.6 is 23.1 Å². The SMILES string of the molecule is CC(C)(C)C(Nc1snc(Cl)c1C#N)c1ccccc1. The Labute approximate surface area is 128 Å². The second-order valence-corrected chi connectivity index (χ2v) is 6.77. The molecule has 104 valence electrons. The molecule has 1 heterocycles. The lowest BCUT2D eigenvalue weighted by Crippen LogP contribution is -2.25. The largest absolute Gasteiger partial charge is 0.367 e. The van der Waals surface area contributed by atoms with Gasteiger partial charge < -0.3 is 5.32 Å². The van der Waals surface area contributed by atoms with Crippen LogP contribution in [0.25, 0.3) is 0 Å². The monoisotopic (exact) mass is 305 g/mol. The Balaban J connectivity index is 2.37. The zero-order valence-electron chi connectivity index (χ0n) is 11.6. The Morgan fingerprint density at radius 3 is 2.50 bits per heavy atom. The maximum atomic E-state index is 9.17. The Morgan fingerprint density at radius 1 is 1.30 bits per heavy atom. The highest BCUT2D eigenvalue weighted by Gasteiger charge is 2.28. The summed E-state index contributed by atoms with van der Waals surface area (Å²) in [5.74, 6) is 0. The van der Waals surface area contributed by atoms with Gasteiger partial charge in [0.05, 0.1) is 6.04 Å². The number of hydrogen-bond donors (Lipinski definition) is 1. The molecule has 0 spiro atoms. The van der Waals surface area contributed by atoms with E-state index in [0.717, 1.165) is 5.00 Å². The van der Waals surface area contributed by atoms with E-state index in [9.17, 15) is 0 Å². The van der Waals surface area contributed by atoms with Gasteiger partial charge in [0, 0.05) is 0 Å². The van der Waals surface area contributed by atoms with Crippen molar-refractivity contribution in [2.24, 2.45) is 5.41 Å². The van der Waals surface area contributed by atoms with Crippen LogP contribution in [0.2, 0.25) is 5.15 Å². The average molecular weight is 306 g/mol. The summed E-state index contributed by atoms with van der Waals surface area (Å²) in [7, 11) is 0. The van der Waals surface area contributed by atoms with Crippen molar-refractivity contribution in [2.45, 2.75) is 26.8 Å². The third kappa shape index (κ3) is 3.12. The Morgan fingerprint density at radius 2 is 1.95 bits per heavy atom. The van der Waals surface area contributed by atoms with E-state index in [2.05, 4.69) is 48.7 Å². The molecule has 0 bridgehead atoms. The smallest absolute Gasteiger partial charge is 0.162 e. The van der Waals surface area contributed by atoms with Crippen molar-refractivity contribution < 1.29 is 0 Å². The summed E-state index contributed by atoms with van der Waals surface area (Å²) in [6, 6.07) is 12.4. The molecule has 5 heteroatoms. The van der Waals surface area contributed by atoms with E-state index in [1.54, 1.807) is 0 Å². The van der Waals surface area contributed by atoms with E-state index in [1.165, 1.54) is 17.1 Å². The van der Waals surface area contributed by atoms with Crippen molar-refractivity contribution in [3.8, 4) is 6.07 Å². The van der Waals surface area contributed by atoms with Crippen LogP contribution in [0.1, 0.15) is 37.9 Å². The maximum Gasteiger partial charge on any atom is 0.162 e. The van der Waals surface area contributed by atoms with Crippen LogP contribution in [0.15, 0.2) is 30.3 Å². The number of halogens is 1. The van der Waals surface area contributed by atoms with E-state index in [1.807, 2.05) is 18.2 Å². The molecule has 1 aromatic heterocycles. The fraction of sp³-hybridized carbons (Fsp3) is 0.333. The van der Waals surface area contributed by atoms with Crippen LogP contribution in [0.4, 0.5) is 5.00 Å². The van der Waals surface area contributed by atoms with Crippen LogP contribution in [0.3, 0.4) is 0 Å². The summed E-state index contributed by atoms with van der Waals surface area (Å²) >= 11 is 7.15. The van der Waals surface area contributed by atoms with E-state index >= 15 is 0 Å².